The van der Waals surface area contributed by atoms with Crippen LogP contribution in [0.1, 0.15) is 25.3 Å². The molecule has 1 saturated heterocycles. The van der Waals surface area contributed by atoms with Crippen molar-refractivity contribution in [1.82, 2.24) is 5.32 Å². The van der Waals surface area contributed by atoms with Crippen LogP contribution in [0.15, 0.2) is 42.5 Å². The third-order valence-corrected chi connectivity index (χ3v) is 5.24. The molecule has 1 fully saturated rings. The molecular formula is C22H26FNO3. The number of halogens is 1. The molecule has 1 amide bonds. The van der Waals surface area contributed by atoms with E-state index in [1.54, 1.807) is 13.2 Å². The zero-order chi connectivity index (χ0) is 19.3. The number of rotatable bonds is 6. The molecule has 0 aliphatic carbocycles. The second-order valence-corrected chi connectivity index (χ2v) is 6.97. The lowest BCUT2D eigenvalue weighted by Gasteiger charge is -2.36. The van der Waals surface area contributed by atoms with Crippen molar-refractivity contribution < 1.29 is 18.7 Å². The Morgan fingerprint density at radius 1 is 1.19 bits per heavy atom. The molecule has 4 nitrogen and oxygen atoms in total. The minimum atomic E-state index is -0.424. The highest BCUT2D eigenvalue weighted by Crippen LogP contribution is 2.36. The smallest absolute Gasteiger partial charge is 0.226 e. The van der Waals surface area contributed by atoms with Gasteiger partial charge < -0.3 is 14.8 Å². The minimum Gasteiger partial charge on any atom is -0.496 e. The summed E-state index contributed by atoms with van der Waals surface area (Å²) in [5, 5.41) is 2.98. The Labute approximate surface area is 159 Å². The van der Waals surface area contributed by atoms with Crippen LogP contribution in [0.2, 0.25) is 0 Å². The Kier molecular flexibility index (Phi) is 6.11. The van der Waals surface area contributed by atoms with Gasteiger partial charge in [0, 0.05) is 25.3 Å². The maximum absolute atomic E-state index is 13.7. The number of carbonyl (C=O) groups excluding carboxylic acids is 1. The van der Waals surface area contributed by atoms with Crippen LogP contribution in [0.4, 0.5) is 4.39 Å². The molecule has 0 radical (unpaired) electrons. The lowest BCUT2D eigenvalue weighted by atomic mass is 9.74. The van der Waals surface area contributed by atoms with Crippen LogP contribution in [0.5, 0.6) is 5.75 Å². The number of carbonyl (C=O) groups is 1. The summed E-state index contributed by atoms with van der Waals surface area (Å²) in [5.41, 5.74) is 2.26. The van der Waals surface area contributed by atoms with E-state index >= 15 is 0 Å². The molecule has 0 aromatic heterocycles. The first kappa shape index (κ1) is 19.4. The van der Waals surface area contributed by atoms with E-state index in [1.165, 1.54) is 12.1 Å². The van der Waals surface area contributed by atoms with Crippen molar-refractivity contribution in [3.63, 3.8) is 0 Å². The highest BCUT2D eigenvalue weighted by molar-refractivity contribution is 5.83. The largest absolute Gasteiger partial charge is 0.496 e. The number of nitrogens with one attached hydrogen (secondary N) is 1. The van der Waals surface area contributed by atoms with Gasteiger partial charge in [0.05, 0.1) is 12.5 Å². The van der Waals surface area contributed by atoms with Gasteiger partial charge in [-0.2, -0.15) is 0 Å². The average Bonchev–Trinajstić information content (AvgIpc) is 2.69. The molecule has 0 bridgehead atoms. The third kappa shape index (κ3) is 4.30. The number of benzene rings is 2. The van der Waals surface area contributed by atoms with E-state index in [4.69, 9.17) is 9.47 Å². The molecule has 3 rings (SSSR count). The summed E-state index contributed by atoms with van der Waals surface area (Å²) < 4.78 is 24.5. The Hall–Kier alpha value is -2.40. The van der Waals surface area contributed by atoms with Crippen LogP contribution in [0.25, 0.3) is 11.1 Å². The third-order valence-electron chi connectivity index (χ3n) is 5.24. The predicted molar refractivity (Wildman–Crippen MR) is 103 cm³/mol. The molecule has 0 unspecified atom stereocenters. The van der Waals surface area contributed by atoms with Crippen molar-refractivity contribution in [1.29, 1.82) is 0 Å². The van der Waals surface area contributed by atoms with Crippen molar-refractivity contribution in [2.75, 3.05) is 26.9 Å². The van der Waals surface area contributed by atoms with Gasteiger partial charge in [-0.05, 0) is 55.5 Å². The van der Waals surface area contributed by atoms with Gasteiger partial charge >= 0.3 is 0 Å². The summed E-state index contributed by atoms with van der Waals surface area (Å²) in [6, 6.07) is 12.4. The molecule has 1 aliphatic rings. The first-order valence-electron chi connectivity index (χ1n) is 9.37. The maximum Gasteiger partial charge on any atom is 0.226 e. The first-order chi connectivity index (χ1) is 13.1. The highest BCUT2D eigenvalue weighted by Gasteiger charge is 2.39. The maximum atomic E-state index is 13.7. The van der Waals surface area contributed by atoms with Crippen LogP contribution in [-0.2, 0) is 16.0 Å². The van der Waals surface area contributed by atoms with Gasteiger partial charge in [-0.15, -0.1) is 0 Å². The Balaban J connectivity index is 1.84. The lowest BCUT2D eigenvalue weighted by molar-refractivity contribution is -0.136. The second-order valence-electron chi connectivity index (χ2n) is 6.97. The molecule has 27 heavy (non-hydrogen) atoms. The Morgan fingerprint density at radius 2 is 1.89 bits per heavy atom. The van der Waals surface area contributed by atoms with Gasteiger partial charge in [0.2, 0.25) is 5.91 Å². The summed E-state index contributed by atoms with van der Waals surface area (Å²) in [6.45, 7) is 3.78. The topological polar surface area (TPSA) is 47.6 Å². The molecule has 2 aromatic carbocycles. The molecule has 0 atom stereocenters. The van der Waals surface area contributed by atoms with Gasteiger partial charge in [-0.3, -0.25) is 4.79 Å². The highest BCUT2D eigenvalue weighted by atomic mass is 19.1. The standard InChI is InChI=1S/C22H26FNO3/c1-3-24-21(25)22(10-12-27-13-11-22)15-16-4-6-17(7-5-16)19-14-18(23)8-9-20(19)26-2/h4-9,14H,3,10-13,15H2,1-2H3,(H,24,25). The molecule has 2 aromatic rings. The van der Waals surface area contributed by atoms with E-state index in [2.05, 4.69) is 5.32 Å². The fourth-order valence-corrected chi connectivity index (χ4v) is 3.69. The Morgan fingerprint density at radius 3 is 2.52 bits per heavy atom. The van der Waals surface area contributed by atoms with Gasteiger partial charge in [0.1, 0.15) is 11.6 Å². The molecular weight excluding hydrogens is 345 g/mol. The first-order valence-corrected chi connectivity index (χ1v) is 9.37. The number of amides is 1. The van der Waals surface area contributed by atoms with Gasteiger partial charge in [-0.25, -0.2) is 4.39 Å². The van der Waals surface area contributed by atoms with Crippen molar-refractivity contribution in [2.24, 2.45) is 5.41 Å². The lowest BCUT2D eigenvalue weighted by Crippen LogP contribution is -2.46. The monoisotopic (exact) mass is 371 g/mol. The summed E-state index contributed by atoms with van der Waals surface area (Å²) in [5.74, 6) is 0.434. The van der Waals surface area contributed by atoms with Crippen LogP contribution < -0.4 is 10.1 Å². The predicted octanol–water partition coefficient (Wildman–Crippen LogP) is 3.98. The fourth-order valence-electron chi connectivity index (χ4n) is 3.69. The average molecular weight is 371 g/mol. The van der Waals surface area contributed by atoms with Crippen LogP contribution in [0, 0.1) is 11.2 Å². The SMILES string of the molecule is CCNC(=O)C1(Cc2ccc(-c3cc(F)ccc3OC)cc2)CCOCC1. The summed E-state index contributed by atoms with van der Waals surface area (Å²) in [4.78, 5) is 12.7. The van der Waals surface area contributed by atoms with Gasteiger partial charge in [0.15, 0.2) is 0 Å². The van der Waals surface area contributed by atoms with Gasteiger partial charge in [0.25, 0.3) is 0 Å². The van der Waals surface area contributed by atoms with Crippen LogP contribution in [0.3, 0.4) is 0 Å². The van der Waals surface area contributed by atoms with E-state index in [-0.39, 0.29) is 11.7 Å². The number of hydrogen-bond acceptors (Lipinski definition) is 3. The molecule has 1 heterocycles. The summed E-state index contributed by atoms with van der Waals surface area (Å²) in [6.07, 6.45) is 2.11. The molecule has 5 heteroatoms. The van der Waals surface area contributed by atoms with E-state index in [9.17, 15) is 9.18 Å². The normalized spacial score (nSPS) is 16.0. The van der Waals surface area contributed by atoms with Crippen molar-refractivity contribution >= 4 is 5.91 Å². The van der Waals surface area contributed by atoms with E-state index in [0.717, 1.165) is 24.0 Å². The number of ether oxygens (including phenoxy) is 2. The van der Waals surface area contributed by atoms with E-state index in [0.29, 0.717) is 37.5 Å². The number of hydrogen-bond donors (Lipinski definition) is 1. The van der Waals surface area contributed by atoms with Crippen LogP contribution >= 0.6 is 0 Å². The summed E-state index contributed by atoms with van der Waals surface area (Å²) >= 11 is 0. The zero-order valence-electron chi connectivity index (χ0n) is 15.9. The molecule has 0 saturated carbocycles. The van der Waals surface area contributed by atoms with Gasteiger partial charge in [-0.1, -0.05) is 24.3 Å². The number of methoxy groups -OCH3 is 1. The molecule has 144 valence electrons. The van der Waals surface area contributed by atoms with Crippen molar-refractivity contribution in [2.45, 2.75) is 26.2 Å². The van der Waals surface area contributed by atoms with E-state index in [1.807, 2.05) is 31.2 Å². The quantitative estimate of drug-likeness (QED) is 0.836. The molecule has 1 N–H and O–H groups in total. The van der Waals surface area contributed by atoms with Crippen molar-refractivity contribution in [3.05, 3.63) is 53.8 Å². The summed E-state index contributed by atoms with van der Waals surface area (Å²) in [7, 11) is 1.58. The van der Waals surface area contributed by atoms with Crippen molar-refractivity contribution in [3.8, 4) is 16.9 Å². The molecule has 0 spiro atoms. The second kappa shape index (κ2) is 8.53. The fraction of sp³-hybridized carbons (Fsp3) is 0.409. The molecule has 1 aliphatic heterocycles. The minimum absolute atomic E-state index is 0.101. The zero-order valence-corrected chi connectivity index (χ0v) is 15.9. The van der Waals surface area contributed by atoms with E-state index < -0.39 is 5.41 Å². The Bertz CT molecular complexity index is 783. The van der Waals surface area contributed by atoms with Crippen LogP contribution in [-0.4, -0.2) is 32.8 Å².